The van der Waals surface area contributed by atoms with Crippen LogP contribution in [0.2, 0.25) is 0 Å². The van der Waals surface area contributed by atoms with E-state index >= 15 is 0 Å². The summed E-state index contributed by atoms with van der Waals surface area (Å²) in [6.45, 7) is 3.96. The summed E-state index contributed by atoms with van der Waals surface area (Å²) < 4.78 is 33.8. The molecule has 2 aromatic carbocycles. The Labute approximate surface area is 190 Å². The Morgan fingerprint density at radius 2 is 1.82 bits per heavy atom. The van der Waals surface area contributed by atoms with Gasteiger partial charge in [-0.1, -0.05) is 36.8 Å². The van der Waals surface area contributed by atoms with Gasteiger partial charge in [-0.25, -0.2) is 18.3 Å². The van der Waals surface area contributed by atoms with Gasteiger partial charge >= 0.3 is 0 Å². The summed E-state index contributed by atoms with van der Waals surface area (Å²) in [7, 11) is 1.55. The second-order valence-electron chi connectivity index (χ2n) is 7.73. The lowest BCUT2D eigenvalue weighted by Crippen LogP contribution is -2.28. The number of nitrogens with one attached hydrogen (secondary N) is 1. The van der Waals surface area contributed by atoms with Gasteiger partial charge in [-0.2, -0.15) is 5.10 Å². The maximum atomic E-state index is 13.8. The average molecular weight is 450 g/mol. The van der Waals surface area contributed by atoms with Gasteiger partial charge in [-0.05, 0) is 49.2 Å². The number of carbonyl (C=O) groups excluding carboxylic acids is 1. The Hall–Kier alpha value is -3.81. The van der Waals surface area contributed by atoms with E-state index in [0.717, 1.165) is 15.6 Å². The van der Waals surface area contributed by atoms with Crippen molar-refractivity contribution in [2.45, 2.75) is 32.7 Å². The molecule has 4 rings (SSSR count). The van der Waals surface area contributed by atoms with Crippen molar-refractivity contribution in [1.82, 2.24) is 19.9 Å². The van der Waals surface area contributed by atoms with Crippen LogP contribution in [-0.2, 0) is 0 Å². The molecule has 2 heterocycles. The molecule has 0 unspecified atom stereocenters. The van der Waals surface area contributed by atoms with Gasteiger partial charge in [0.2, 0.25) is 0 Å². The van der Waals surface area contributed by atoms with Crippen LogP contribution in [0.25, 0.3) is 16.9 Å². The number of aryl methyl sites for hydroxylation is 1. The quantitative estimate of drug-likeness (QED) is 0.402. The van der Waals surface area contributed by atoms with Crippen molar-refractivity contribution in [2.75, 3.05) is 7.11 Å². The molecule has 0 bridgehead atoms. The summed E-state index contributed by atoms with van der Waals surface area (Å²) in [5.41, 5.74) is 2.91. The molecular weight excluding hydrogens is 426 g/mol. The van der Waals surface area contributed by atoms with Gasteiger partial charge in [0.25, 0.3) is 12.3 Å². The van der Waals surface area contributed by atoms with Gasteiger partial charge in [-0.3, -0.25) is 4.79 Å². The molecule has 0 radical (unpaired) electrons. The predicted molar refractivity (Wildman–Crippen MR) is 122 cm³/mol. The lowest BCUT2D eigenvalue weighted by molar-refractivity contribution is 0.0936. The Kier molecular flexibility index (Phi) is 6.35. The third-order valence-corrected chi connectivity index (χ3v) is 5.55. The number of methoxy groups -OCH3 is 1. The molecule has 0 aliphatic carbocycles. The number of benzene rings is 2. The molecule has 0 saturated carbocycles. The van der Waals surface area contributed by atoms with E-state index in [2.05, 4.69) is 15.4 Å². The van der Waals surface area contributed by atoms with Crippen LogP contribution in [0.4, 0.5) is 8.78 Å². The first-order valence-electron chi connectivity index (χ1n) is 10.6. The van der Waals surface area contributed by atoms with E-state index in [9.17, 15) is 13.6 Å². The lowest BCUT2D eigenvalue weighted by atomic mass is 10.0. The van der Waals surface area contributed by atoms with Crippen LogP contribution >= 0.6 is 0 Å². The highest BCUT2D eigenvalue weighted by Crippen LogP contribution is 2.28. The van der Waals surface area contributed by atoms with E-state index in [1.165, 1.54) is 12.3 Å². The zero-order valence-electron chi connectivity index (χ0n) is 18.5. The molecule has 0 fully saturated rings. The number of halogens is 2. The second kappa shape index (κ2) is 9.36. The Bertz CT molecular complexity index is 1270. The predicted octanol–water partition coefficient (Wildman–Crippen LogP) is 5.53. The molecule has 1 atom stereocenters. The first-order chi connectivity index (χ1) is 15.9. The van der Waals surface area contributed by atoms with E-state index < -0.39 is 12.3 Å². The van der Waals surface area contributed by atoms with Crippen LogP contribution in [0, 0.1) is 6.92 Å². The Morgan fingerprint density at radius 1 is 1.12 bits per heavy atom. The number of ether oxygens (including phenoxy) is 1. The summed E-state index contributed by atoms with van der Waals surface area (Å²) in [4.78, 5) is 17.6. The number of rotatable bonds is 7. The number of hydrogen-bond donors (Lipinski definition) is 1. The monoisotopic (exact) mass is 450 g/mol. The minimum Gasteiger partial charge on any atom is -0.497 e. The highest BCUT2D eigenvalue weighted by atomic mass is 19.3. The van der Waals surface area contributed by atoms with Crippen LogP contribution in [0.15, 0.2) is 60.8 Å². The van der Waals surface area contributed by atoms with E-state index in [1.807, 2.05) is 38.1 Å². The zero-order valence-corrected chi connectivity index (χ0v) is 18.5. The van der Waals surface area contributed by atoms with Crippen molar-refractivity contribution in [2.24, 2.45) is 0 Å². The molecule has 6 nitrogen and oxygen atoms in total. The summed E-state index contributed by atoms with van der Waals surface area (Å²) in [6.07, 6.45) is -0.844. The van der Waals surface area contributed by atoms with E-state index in [-0.39, 0.29) is 22.9 Å². The molecule has 0 aliphatic rings. The molecule has 0 aliphatic heterocycles. The first kappa shape index (κ1) is 22.4. The highest BCUT2D eigenvalue weighted by Gasteiger charge is 2.23. The van der Waals surface area contributed by atoms with Crippen LogP contribution in [-0.4, -0.2) is 27.6 Å². The van der Waals surface area contributed by atoms with Gasteiger partial charge in [0.1, 0.15) is 17.0 Å². The van der Waals surface area contributed by atoms with E-state index in [0.29, 0.717) is 23.4 Å². The van der Waals surface area contributed by atoms with Gasteiger partial charge in [0, 0.05) is 5.56 Å². The minimum absolute atomic E-state index is 0.0786. The molecule has 1 amide bonds. The normalized spacial score (nSPS) is 12.2. The summed E-state index contributed by atoms with van der Waals surface area (Å²) >= 11 is 0. The van der Waals surface area contributed by atoms with Crippen LogP contribution in [0.1, 0.15) is 53.0 Å². The molecule has 33 heavy (non-hydrogen) atoms. The molecule has 170 valence electrons. The van der Waals surface area contributed by atoms with Crippen LogP contribution < -0.4 is 10.1 Å². The number of aromatic nitrogens is 3. The minimum atomic E-state index is -2.79. The van der Waals surface area contributed by atoms with Gasteiger partial charge in [-0.15, -0.1) is 0 Å². The molecule has 4 aromatic rings. The summed E-state index contributed by atoms with van der Waals surface area (Å²) in [5, 5.41) is 7.02. The van der Waals surface area contributed by atoms with Crippen LogP contribution in [0.3, 0.4) is 0 Å². The lowest BCUT2D eigenvalue weighted by Gasteiger charge is -2.17. The Morgan fingerprint density at radius 3 is 2.42 bits per heavy atom. The number of hydrogen-bond acceptors (Lipinski definition) is 4. The fourth-order valence-corrected chi connectivity index (χ4v) is 3.67. The number of alkyl halides is 2. The van der Waals surface area contributed by atoms with Crippen molar-refractivity contribution in [3.8, 4) is 17.0 Å². The summed E-state index contributed by atoms with van der Waals surface area (Å²) in [5.74, 6) is 0.220. The van der Waals surface area contributed by atoms with Crippen molar-refractivity contribution in [3.63, 3.8) is 0 Å². The average Bonchev–Trinajstić information content (AvgIpc) is 3.26. The van der Waals surface area contributed by atoms with Crippen LogP contribution in [0.5, 0.6) is 5.75 Å². The molecule has 0 spiro atoms. The fraction of sp³-hybridized carbons (Fsp3) is 0.240. The highest BCUT2D eigenvalue weighted by molar-refractivity contribution is 6.00. The van der Waals surface area contributed by atoms with E-state index in [4.69, 9.17) is 4.74 Å². The zero-order chi connectivity index (χ0) is 23.5. The number of nitrogens with zero attached hydrogens (tertiary/aromatic N) is 3. The van der Waals surface area contributed by atoms with Gasteiger partial charge < -0.3 is 10.1 Å². The fourth-order valence-electron chi connectivity index (χ4n) is 3.67. The maximum Gasteiger partial charge on any atom is 0.280 e. The topological polar surface area (TPSA) is 68.5 Å². The molecule has 0 saturated heterocycles. The third-order valence-electron chi connectivity index (χ3n) is 5.55. The van der Waals surface area contributed by atoms with Crippen molar-refractivity contribution in [1.29, 1.82) is 0 Å². The summed E-state index contributed by atoms with van der Waals surface area (Å²) in [6, 6.07) is 15.9. The molecule has 1 N–H and O–H groups in total. The Balaban J connectivity index is 1.73. The van der Waals surface area contributed by atoms with E-state index in [1.54, 1.807) is 31.4 Å². The molecule has 8 heteroatoms. The van der Waals surface area contributed by atoms with Gasteiger partial charge in [0.15, 0.2) is 5.65 Å². The molecular formula is C25H24F2N4O2. The number of fused-ring (bicyclic) bond motifs is 1. The van der Waals surface area contributed by atoms with Gasteiger partial charge in [0.05, 0.1) is 25.0 Å². The number of amides is 1. The van der Waals surface area contributed by atoms with Crippen molar-refractivity contribution in [3.05, 3.63) is 83.2 Å². The first-order valence-corrected chi connectivity index (χ1v) is 10.6. The standard InChI is InChI=1S/C25H24F2N4O2/c1-4-20(16-7-5-15(2)6-8-16)30-25(32)19-14-28-31-22(23(26)27)13-21(29-24(19)31)17-9-11-18(33-3)12-10-17/h5-14,20,23H,4H2,1-3H3,(H,30,32)/t20-/m0/s1. The SMILES string of the molecule is CC[C@H](NC(=O)c1cnn2c(C(F)F)cc(-c3ccc(OC)cc3)nc12)c1ccc(C)cc1. The smallest absolute Gasteiger partial charge is 0.280 e. The van der Waals surface area contributed by atoms with Crippen molar-refractivity contribution < 1.29 is 18.3 Å². The third kappa shape index (κ3) is 4.55. The molecule has 2 aromatic heterocycles. The largest absolute Gasteiger partial charge is 0.497 e. The second-order valence-corrected chi connectivity index (χ2v) is 7.73. The van der Waals surface area contributed by atoms with Crippen molar-refractivity contribution >= 4 is 11.6 Å². The maximum absolute atomic E-state index is 13.8. The number of carbonyl (C=O) groups is 1.